The van der Waals surface area contributed by atoms with Crippen LogP contribution in [0.5, 0.6) is 0 Å². The lowest BCUT2D eigenvalue weighted by Crippen LogP contribution is -2.09. The molecule has 0 saturated carbocycles. The summed E-state index contributed by atoms with van der Waals surface area (Å²) < 4.78 is 1.12. The highest BCUT2D eigenvalue weighted by Gasteiger charge is 2.07. The molecule has 2 N–H and O–H groups in total. The quantitative estimate of drug-likeness (QED) is 0.899. The molecule has 72 valence electrons. The van der Waals surface area contributed by atoms with Crippen LogP contribution in [-0.2, 0) is 0 Å². The molecule has 0 spiro atoms. The van der Waals surface area contributed by atoms with Crippen molar-refractivity contribution in [2.24, 2.45) is 5.73 Å². The van der Waals surface area contributed by atoms with Gasteiger partial charge in [-0.2, -0.15) is 11.8 Å². The number of benzene rings is 1. The monoisotopic (exact) mass is 259 g/mol. The molecule has 13 heavy (non-hydrogen) atoms. The predicted octanol–water partition coefficient (Wildman–Crippen LogP) is 3.20. The Morgan fingerprint density at radius 3 is 2.46 bits per heavy atom. The van der Waals surface area contributed by atoms with Crippen LogP contribution in [0.3, 0.4) is 0 Å². The molecule has 1 rings (SSSR count). The molecule has 1 aromatic rings. The van der Waals surface area contributed by atoms with Crippen molar-refractivity contribution in [1.29, 1.82) is 0 Å². The molecule has 0 radical (unpaired) electrons. The fraction of sp³-hybridized carbons (Fsp3) is 0.400. The number of hydrogen-bond donors (Lipinski definition) is 1. The third-order valence-electron chi connectivity index (χ3n) is 1.82. The zero-order valence-corrected chi connectivity index (χ0v) is 10.1. The van der Waals surface area contributed by atoms with Gasteiger partial charge in [-0.15, -0.1) is 0 Å². The first-order valence-corrected chi connectivity index (χ1v) is 6.19. The Morgan fingerprint density at radius 1 is 1.38 bits per heavy atom. The van der Waals surface area contributed by atoms with Gasteiger partial charge in [0.1, 0.15) is 0 Å². The molecule has 0 bridgehead atoms. The molecule has 0 amide bonds. The molecule has 1 atom stereocenters. The third-order valence-corrected chi connectivity index (χ3v) is 3.55. The highest BCUT2D eigenvalue weighted by atomic mass is 79.9. The van der Waals surface area contributed by atoms with Crippen molar-refractivity contribution in [3.8, 4) is 0 Å². The van der Waals surface area contributed by atoms with Crippen LogP contribution in [0, 0.1) is 0 Å². The van der Waals surface area contributed by atoms with E-state index in [9.17, 15) is 0 Å². The molecule has 0 aliphatic heterocycles. The summed E-state index contributed by atoms with van der Waals surface area (Å²) in [5.74, 6) is 1.11. The van der Waals surface area contributed by atoms with Crippen molar-refractivity contribution in [2.45, 2.75) is 12.2 Å². The van der Waals surface area contributed by atoms with Crippen LogP contribution in [0.25, 0.3) is 0 Å². The molecule has 0 fully saturated rings. The molecule has 0 aliphatic carbocycles. The summed E-state index contributed by atoms with van der Waals surface area (Å²) in [5, 5.41) is 0.443. The summed E-state index contributed by atoms with van der Waals surface area (Å²) in [7, 11) is 0. The van der Waals surface area contributed by atoms with Gasteiger partial charge in [-0.1, -0.05) is 35.0 Å². The Labute approximate surface area is 92.2 Å². The van der Waals surface area contributed by atoms with E-state index in [1.54, 1.807) is 0 Å². The second kappa shape index (κ2) is 5.68. The molecule has 3 heteroatoms. The van der Waals surface area contributed by atoms with Crippen molar-refractivity contribution >= 4 is 27.7 Å². The van der Waals surface area contributed by atoms with Gasteiger partial charge in [-0.05, 0) is 23.4 Å². The van der Waals surface area contributed by atoms with Gasteiger partial charge in [0.2, 0.25) is 0 Å². The van der Waals surface area contributed by atoms with E-state index in [1.165, 1.54) is 5.56 Å². The average Bonchev–Trinajstić information content (AvgIpc) is 2.16. The van der Waals surface area contributed by atoms with Crippen molar-refractivity contribution in [2.75, 3.05) is 12.3 Å². The van der Waals surface area contributed by atoms with Gasteiger partial charge in [0.05, 0.1) is 0 Å². The minimum absolute atomic E-state index is 0.443. The van der Waals surface area contributed by atoms with Crippen LogP contribution in [0.2, 0.25) is 0 Å². The summed E-state index contributed by atoms with van der Waals surface area (Å²) >= 11 is 5.31. The fourth-order valence-electron chi connectivity index (χ4n) is 1.18. The fourth-order valence-corrected chi connectivity index (χ4v) is 2.33. The van der Waals surface area contributed by atoms with Gasteiger partial charge in [0.25, 0.3) is 0 Å². The summed E-state index contributed by atoms with van der Waals surface area (Å²) in [6.07, 6.45) is 0. The average molecular weight is 260 g/mol. The maximum atomic E-state index is 5.70. The standard InChI is InChI=1S/C10H14BrNS/c1-2-13-10(7-12)8-3-5-9(11)6-4-8/h3-6,10H,2,7,12H2,1H3. The first kappa shape index (κ1) is 11.1. The van der Waals surface area contributed by atoms with E-state index in [4.69, 9.17) is 5.73 Å². The van der Waals surface area contributed by atoms with Gasteiger partial charge in [-0.3, -0.25) is 0 Å². The Hall–Kier alpha value is 0.01000. The zero-order valence-electron chi connectivity index (χ0n) is 7.66. The summed E-state index contributed by atoms with van der Waals surface area (Å²) in [6.45, 7) is 2.87. The lowest BCUT2D eigenvalue weighted by molar-refractivity contribution is 0.941. The summed E-state index contributed by atoms with van der Waals surface area (Å²) in [4.78, 5) is 0. The number of rotatable bonds is 4. The lowest BCUT2D eigenvalue weighted by atomic mass is 10.1. The third kappa shape index (κ3) is 3.33. The number of hydrogen-bond acceptors (Lipinski definition) is 2. The molecular formula is C10H14BrNS. The number of nitrogens with two attached hydrogens (primary N) is 1. The molecular weight excluding hydrogens is 246 g/mol. The predicted molar refractivity (Wildman–Crippen MR) is 64.1 cm³/mol. The van der Waals surface area contributed by atoms with Crippen LogP contribution in [-0.4, -0.2) is 12.3 Å². The lowest BCUT2D eigenvalue weighted by Gasteiger charge is -2.13. The maximum Gasteiger partial charge on any atom is 0.0419 e. The minimum atomic E-state index is 0.443. The van der Waals surface area contributed by atoms with Gasteiger partial charge in [-0.25, -0.2) is 0 Å². The van der Waals surface area contributed by atoms with E-state index in [-0.39, 0.29) is 0 Å². The van der Waals surface area contributed by atoms with E-state index < -0.39 is 0 Å². The van der Waals surface area contributed by atoms with Crippen LogP contribution < -0.4 is 5.73 Å². The van der Waals surface area contributed by atoms with E-state index in [0.717, 1.165) is 10.2 Å². The molecule has 1 nitrogen and oxygen atoms in total. The second-order valence-corrected chi connectivity index (χ2v) is 5.13. The van der Waals surface area contributed by atoms with Crippen molar-refractivity contribution in [3.63, 3.8) is 0 Å². The van der Waals surface area contributed by atoms with Gasteiger partial charge in [0.15, 0.2) is 0 Å². The van der Waals surface area contributed by atoms with E-state index >= 15 is 0 Å². The highest BCUT2D eigenvalue weighted by molar-refractivity contribution is 9.10. The first-order chi connectivity index (χ1) is 6.27. The van der Waals surface area contributed by atoms with Crippen molar-refractivity contribution in [1.82, 2.24) is 0 Å². The Kier molecular flexibility index (Phi) is 4.84. The zero-order chi connectivity index (χ0) is 9.68. The first-order valence-electron chi connectivity index (χ1n) is 4.35. The molecule has 0 aliphatic rings. The normalized spacial score (nSPS) is 12.8. The van der Waals surface area contributed by atoms with Gasteiger partial charge in [0, 0.05) is 16.3 Å². The van der Waals surface area contributed by atoms with Crippen molar-refractivity contribution in [3.05, 3.63) is 34.3 Å². The smallest absolute Gasteiger partial charge is 0.0419 e. The number of thioether (sulfide) groups is 1. The Morgan fingerprint density at radius 2 is 2.00 bits per heavy atom. The second-order valence-electron chi connectivity index (χ2n) is 2.73. The van der Waals surface area contributed by atoms with E-state index in [1.807, 2.05) is 11.8 Å². The molecule has 0 saturated heterocycles. The Bertz CT molecular complexity index is 248. The topological polar surface area (TPSA) is 26.0 Å². The van der Waals surface area contributed by atoms with Gasteiger partial charge < -0.3 is 5.73 Å². The largest absolute Gasteiger partial charge is 0.329 e. The maximum absolute atomic E-state index is 5.70. The van der Waals surface area contributed by atoms with Crippen LogP contribution >= 0.6 is 27.7 Å². The molecule has 0 heterocycles. The molecule has 0 aromatic heterocycles. The molecule has 1 unspecified atom stereocenters. The van der Waals surface area contributed by atoms with Gasteiger partial charge >= 0.3 is 0 Å². The number of halogens is 1. The minimum Gasteiger partial charge on any atom is -0.329 e. The van der Waals surface area contributed by atoms with Crippen LogP contribution in [0.4, 0.5) is 0 Å². The summed E-state index contributed by atoms with van der Waals surface area (Å²) in [6, 6.07) is 8.39. The van der Waals surface area contributed by atoms with E-state index in [2.05, 4.69) is 47.1 Å². The molecule has 1 aromatic carbocycles. The van der Waals surface area contributed by atoms with Crippen LogP contribution in [0.15, 0.2) is 28.7 Å². The highest BCUT2D eigenvalue weighted by Crippen LogP contribution is 2.28. The summed E-state index contributed by atoms with van der Waals surface area (Å²) in [5.41, 5.74) is 7.01. The Balaban J connectivity index is 2.73. The van der Waals surface area contributed by atoms with Crippen LogP contribution in [0.1, 0.15) is 17.7 Å². The van der Waals surface area contributed by atoms with Crippen molar-refractivity contribution < 1.29 is 0 Å². The SMILES string of the molecule is CCSC(CN)c1ccc(Br)cc1. The van der Waals surface area contributed by atoms with E-state index in [0.29, 0.717) is 11.8 Å².